The molecule has 1 heterocycles. The van der Waals surface area contributed by atoms with Crippen molar-refractivity contribution < 1.29 is 14.7 Å². The molecule has 1 N–H and O–H groups in total. The summed E-state index contributed by atoms with van der Waals surface area (Å²) in [5.74, 6) is -0.798. The summed E-state index contributed by atoms with van der Waals surface area (Å²) in [6.07, 6.45) is 4.42. The summed E-state index contributed by atoms with van der Waals surface area (Å²) < 4.78 is 0. The van der Waals surface area contributed by atoms with Gasteiger partial charge in [-0.3, -0.25) is 9.59 Å². The van der Waals surface area contributed by atoms with E-state index >= 15 is 0 Å². The maximum Gasteiger partial charge on any atom is 0.312 e. The largest absolute Gasteiger partial charge is 0.481 e. The van der Waals surface area contributed by atoms with Crippen LogP contribution >= 0.6 is 0 Å². The second-order valence-electron chi connectivity index (χ2n) is 3.01. The standard InChI is InChI=1S/C8H12NO3/c10-6-9-5-1-2-7(9)3-4-8(11)12/h7H,1-5H2,(H,11,12). The minimum absolute atomic E-state index is 0.110. The molecule has 67 valence electrons. The predicted molar refractivity (Wildman–Crippen MR) is 42.3 cm³/mol. The summed E-state index contributed by atoms with van der Waals surface area (Å²) in [4.78, 5) is 22.1. The number of rotatable bonds is 4. The van der Waals surface area contributed by atoms with Gasteiger partial charge < -0.3 is 10.0 Å². The molecule has 0 saturated carbocycles. The Morgan fingerprint density at radius 2 is 2.42 bits per heavy atom. The van der Waals surface area contributed by atoms with E-state index in [4.69, 9.17) is 5.11 Å². The molecule has 0 aliphatic carbocycles. The van der Waals surface area contributed by atoms with E-state index in [9.17, 15) is 9.59 Å². The molecular weight excluding hydrogens is 158 g/mol. The lowest BCUT2D eigenvalue weighted by molar-refractivity contribution is -0.137. The third kappa shape index (κ3) is 2.22. The Hall–Kier alpha value is -1.06. The summed E-state index contributed by atoms with van der Waals surface area (Å²) in [6, 6.07) is 0.110. The molecule has 1 atom stereocenters. The average Bonchev–Trinajstić information content (AvgIpc) is 2.47. The number of amides is 1. The zero-order chi connectivity index (χ0) is 8.97. The van der Waals surface area contributed by atoms with E-state index in [0.717, 1.165) is 19.4 Å². The first-order valence-electron chi connectivity index (χ1n) is 4.10. The van der Waals surface area contributed by atoms with Crippen molar-refractivity contribution in [2.45, 2.75) is 31.7 Å². The molecule has 1 fully saturated rings. The third-order valence-corrected chi connectivity index (χ3v) is 2.19. The highest BCUT2D eigenvalue weighted by Gasteiger charge is 2.23. The number of aliphatic carboxylic acids is 1. The molecule has 1 unspecified atom stereocenters. The maximum atomic E-state index is 10.3. The Morgan fingerprint density at radius 1 is 1.67 bits per heavy atom. The minimum atomic E-state index is -0.798. The van der Waals surface area contributed by atoms with Gasteiger partial charge in [-0.2, -0.15) is 0 Å². The number of carboxylic acid groups (broad SMARTS) is 1. The molecule has 12 heavy (non-hydrogen) atoms. The molecule has 1 aliphatic heterocycles. The van der Waals surface area contributed by atoms with Gasteiger partial charge in [0.2, 0.25) is 0 Å². The number of carbonyl (C=O) groups excluding carboxylic acids is 1. The van der Waals surface area contributed by atoms with E-state index in [1.807, 2.05) is 6.41 Å². The van der Waals surface area contributed by atoms with Gasteiger partial charge in [-0.1, -0.05) is 0 Å². The zero-order valence-corrected chi connectivity index (χ0v) is 6.82. The first kappa shape index (κ1) is 9.03. The van der Waals surface area contributed by atoms with Crippen molar-refractivity contribution in [3.05, 3.63) is 0 Å². The van der Waals surface area contributed by atoms with Crippen molar-refractivity contribution in [1.82, 2.24) is 4.90 Å². The molecule has 4 nitrogen and oxygen atoms in total. The van der Waals surface area contributed by atoms with Crippen LogP contribution in [0.15, 0.2) is 0 Å². The molecule has 1 amide bonds. The van der Waals surface area contributed by atoms with Gasteiger partial charge in [0, 0.05) is 19.0 Å². The van der Waals surface area contributed by atoms with Crippen LogP contribution in [0.25, 0.3) is 0 Å². The molecule has 0 aromatic rings. The molecule has 4 heteroatoms. The maximum absolute atomic E-state index is 10.3. The van der Waals surface area contributed by atoms with Crippen molar-refractivity contribution in [3.63, 3.8) is 0 Å². The van der Waals surface area contributed by atoms with Gasteiger partial charge in [0.05, 0.1) is 0 Å². The van der Waals surface area contributed by atoms with E-state index in [2.05, 4.69) is 0 Å². The molecular formula is C8H12NO3. The lowest BCUT2D eigenvalue weighted by atomic mass is 10.1. The molecule has 0 spiro atoms. The van der Waals surface area contributed by atoms with Crippen LogP contribution in [0.5, 0.6) is 0 Å². The highest BCUT2D eigenvalue weighted by Crippen LogP contribution is 2.19. The molecule has 1 radical (unpaired) electrons. The molecule has 0 aromatic heterocycles. The van der Waals surface area contributed by atoms with Gasteiger partial charge in [0.1, 0.15) is 0 Å². The van der Waals surface area contributed by atoms with Gasteiger partial charge in [-0.15, -0.1) is 0 Å². The van der Waals surface area contributed by atoms with Crippen LogP contribution in [-0.4, -0.2) is 35.0 Å². The number of nitrogens with zero attached hydrogens (tertiary/aromatic N) is 1. The van der Waals surface area contributed by atoms with Crippen LogP contribution in [0.3, 0.4) is 0 Å². The lowest BCUT2D eigenvalue weighted by Gasteiger charge is -2.17. The van der Waals surface area contributed by atoms with Crippen LogP contribution in [0.1, 0.15) is 25.7 Å². The molecule has 0 aromatic carbocycles. The quantitative estimate of drug-likeness (QED) is 0.663. The first-order valence-corrected chi connectivity index (χ1v) is 4.10. The van der Waals surface area contributed by atoms with Crippen LogP contribution in [0.2, 0.25) is 0 Å². The van der Waals surface area contributed by atoms with Crippen molar-refractivity contribution in [3.8, 4) is 0 Å². The van der Waals surface area contributed by atoms with Crippen molar-refractivity contribution >= 4 is 12.4 Å². The van der Waals surface area contributed by atoms with Crippen molar-refractivity contribution in [2.24, 2.45) is 0 Å². The molecule has 1 rings (SSSR count). The van der Waals surface area contributed by atoms with Gasteiger partial charge >= 0.3 is 12.4 Å². The normalized spacial score (nSPS) is 22.7. The Labute approximate surface area is 71.2 Å². The van der Waals surface area contributed by atoms with E-state index in [1.54, 1.807) is 4.90 Å². The summed E-state index contributed by atoms with van der Waals surface area (Å²) in [6.45, 7) is 0.730. The van der Waals surface area contributed by atoms with Crippen molar-refractivity contribution in [1.29, 1.82) is 0 Å². The molecule has 0 bridgehead atoms. The third-order valence-electron chi connectivity index (χ3n) is 2.19. The van der Waals surface area contributed by atoms with Gasteiger partial charge in [-0.05, 0) is 19.3 Å². The Kier molecular flexibility index (Phi) is 3.08. The second kappa shape index (κ2) is 4.09. The average molecular weight is 170 g/mol. The molecule has 1 saturated heterocycles. The van der Waals surface area contributed by atoms with Crippen molar-refractivity contribution in [2.75, 3.05) is 6.54 Å². The second-order valence-corrected chi connectivity index (χ2v) is 3.01. The van der Waals surface area contributed by atoms with Gasteiger partial charge in [0.15, 0.2) is 0 Å². The van der Waals surface area contributed by atoms with Crippen LogP contribution < -0.4 is 0 Å². The van der Waals surface area contributed by atoms with Crippen LogP contribution in [0, 0.1) is 0 Å². The Balaban J connectivity index is 2.30. The van der Waals surface area contributed by atoms with Gasteiger partial charge in [-0.25, -0.2) is 0 Å². The monoisotopic (exact) mass is 170 g/mol. The van der Waals surface area contributed by atoms with E-state index < -0.39 is 5.97 Å². The summed E-state index contributed by atoms with van der Waals surface area (Å²) >= 11 is 0. The topological polar surface area (TPSA) is 57.6 Å². The van der Waals surface area contributed by atoms with E-state index in [-0.39, 0.29) is 12.5 Å². The summed E-state index contributed by atoms with van der Waals surface area (Å²) in [5.41, 5.74) is 0. The Bertz CT molecular complexity index is 181. The number of hydrogen-bond acceptors (Lipinski definition) is 2. The number of carboxylic acids is 1. The van der Waals surface area contributed by atoms with E-state index in [1.165, 1.54) is 0 Å². The number of carbonyl (C=O) groups is 1. The number of hydrogen-bond donors (Lipinski definition) is 1. The number of likely N-dealkylation sites (tertiary alicyclic amines) is 1. The zero-order valence-electron chi connectivity index (χ0n) is 6.82. The highest BCUT2D eigenvalue weighted by molar-refractivity contribution is 5.66. The lowest BCUT2D eigenvalue weighted by Crippen LogP contribution is -2.28. The SMILES string of the molecule is O=[C]N1CCCC1CCC(=O)O. The van der Waals surface area contributed by atoms with E-state index in [0.29, 0.717) is 6.42 Å². The first-order chi connectivity index (χ1) is 5.74. The predicted octanol–water partition coefficient (Wildman–Crippen LogP) is 0.383. The Morgan fingerprint density at radius 3 is 3.00 bits per heavy atom. The highest BCUT2D eigenvalue weighted by atomic mass is 16.4. The summed E-state index contributed by atoms with van der Waals surface area (Å²) in [7, 11) is 0. The molecule has 1 aliphatic rings. The fraction of sp³-hybridized carbons (Fsp3) is 0.750. The van der Waals surface area contributed by atoms with Crippen LogP contribution in [0.4, 0.5) is 0 Å². The fourth-order valence-corrected chi connectivity index (χ4v) is 1.55. The van der Waals surface area contributed by atoms with Crippen LogP contribution in [-0.2, 0) is 9.59 Å². The smallest absolute Gasteiger partial charge is 0.312 e. The minimum Gasteiger partial charge on any atom is -0.481 e. The summed E-state index contributed by atoms with van der Waals surface area (Å²) in [5, 5.41) is 8.42. The fourth-order valence-electron chi connectivity index (χ4n) is 1.55. The van der Waals surface area contributed by atoms with Gasteiger partial charge in [0.25, 0.3) is 0 Å².